The average Bonchev–Trinajstić information content (AvgIpc) is 2.53. The highest BCUT2D eigenvalue weighted by Gasteiger charge is 2.14. The molecular formula is C16H19NO2S. The maximum absolute atomic E-state index is 6.07. The lowest BCUT2D eigenvalue weighted by Crippen LogP contribution is -2.18. The largest absolute Gasteiger partial charge is 0.497 e. The molecule has 1 atom stereocenters. The summed E-state index contributed by atoms with van der Waals surface area (Å²) in [5.74, 6) is 1.67. The van der Waals surface area contributed by atoms with Crippen molar-refractivity contribution in [2.24, 2.45) is 5.73 Å². The van der Waals surface area contributed by atoms with Gasteiger partial charge in [-0.2, -0.15) is 0 Å². The predicted octanol–water partition coefficient (Wildman–Crippen LogP) is 3.50. The van der Waals surface area contributed by atoms with E-state index in [1.165, 1.54) is 0 Å². The molecule has 0 aliphatic rings. The first-order chi connectivity index (χ1) is 9.78. The molecule has 2 aromatic carbocycles. The highest BCUT2D eigenvalue weighted by atomic mass is 32.2. The third kappa shape index (κ3) is 3.46. The van der Waals surface area contributed by atoms with Crippen LogP contribution in [-0.4, -0.2) is 19.9 Å². The second kappa shape index (κ2) is 7.22. The number of thioether (sulfide) groups is 1. The molecule has 0 saturated heterocycles. The van der Waals surface area contributed by atoms with Gasteiger partial charge in [0.05, 0.1) is 7.11 Å². The fourth-order valence-electron chi connectivity index (χ4n) is 1.96. The molecule has 4 heteroatoms. The lowest BCUT2D eigenvalue weighted by Gasteiger charge is -2.20. The van der Waals surface area contributed by atoms with Crippen molar-refractivity contribution in [3.8, 4) is 11.5 Å². The maximum atomic E-state index is 6.07. The van der Waals surface area contributed by atoms with Crippen LogP contribution in [0.3, 0.4) is 0 Å². The highest BCUT2D eigenvalue weighted by molar-refractivity contribution is 7.98. The van der Waals surface area contributed by atoms with Gasteiger partial charge in [-0.3, -0.25) is 0 Å². The Hall–Kier alpha value is -1.65. The van der Waals surface area contributed by atoms with Gasteiger partial charge >= 0.3 is 0 Å². The van der Waals surface area contributed by atoms with E-state index in [9.17, 15) is 0 Å². The lowest BCUT2D eigenvalue weighted by molar-refractivity contribution is 0.208. The number of ether oxygens (including phenoxy) is 2. The van der Waals surface area contributed by atoms with E-state index >= 15 is 0 Å². The van der Waals surface area contributed by atoms with Crippen molar-refractivity contribution in [1.29, 1.82) is 0 Å². The molecule has 1 unspecified atom stereocenters. The molecule has 20 heavy (non-hydrogen) atoms. The van der Waals surface area contributed by atoms with Crippen LogP contribution < -0.4 is 15.2 Å². The van der Waals surface area contributed by atoms with E-state index in [1.807, 2.05) is 54.8 Å². The third-order valence-corrected chi connectivity index (χ3v) is 3.80. The van der Waals surface area contributed by atoms with E-state index in [4.69, 9.17) is 15.2 Å². The van der Waals surface area contributed by atoms with E-state index in [2.05, 4.69) is 0 Å². The third-order valence-electron chi connectivity index (χ3n) is 3.02. The summed E-state index contributed by atoms with van der Waals surface area (Å²) in [7, 11) is 1.65. The van der Waals surface area contributed by atoms with Crippen LogP contribution in [0.15, 0.2) is 53.4 Å². The number of para-hydroxylation sites is 1. The lowest BCUT2D eigenvalue weighted by atomic mass is 10.1. The Balaban J connectivity index is 2.24. The number of hydrogen-bond donors (Lipinski definition) is 1. The molecule has 2 rings (SSSR count). The SMILES string of the molecule is COc1cccc(C(CN)Oc2ccccc2SC)c1. The summed E-state index contributed by atoms with van der Waals surface area (Å²) < 4.78 is 11.3. The molecule has 0 bridgehead atoms. The maximum Gasteiger partial charge on any atom is 0.136 e. The number of benzene rings is 2. The Morgan fingerprint density at radius 2 is 1.95 bits per heavy atom. The van der Waals surface area contributed by atoms with Gasteiger partial charge in [-0.1, -0.05) is 24.3 Å². The van der Waals surface area contributed by atoms with Gasteiger partial charge in [0, 0.05) is 11.4 Å². The van der Waals surface area contributed by atoms with Gasteiger partial charge in [0.25, 0.3) is 0 Å². The Morgan fingerprint density at radius 1 is 1.15 bits per heavy atom. The topological polar surface area (TPSA) is 44.5 Å². The van der Waals surface area contributed by atoms with E-state index in [0.29, 0.717) is 6.54 Å². The van der Waals surface area contributed by atoms with Gasteiger partial charge in [-0.15, -0.1) is 11.8 Å². The van der Waals surface area contributed by atoms with Gasteiger partial charge < -0.3 is 15.2 Å². The molecule has 0 heterocycles. The summed E-state index contributed by atoms with van der Waals surface area (Å²) in [6, 6.07) is 15.8. The number of rotatable bonds is 6. The summed E-state index contributed by atoms with van der Waals surface area (Å²) in [6.45, 7) is 0.413. The summed E-state index contributed by atoms with van der Waals surface area (Å²) in [5.41, 5.74) is 6.88. The first kappa shape index (κ1) is 14.8. The second-order valence-corrected chi connectivity index (χ2v) is 5.12. The van der Waals surface area contributed by atoms with Crippen LogP contribution >= 0.6 is 11.8 Å². The fraction of sp³-hybridized carbons (Fsp3) is 0.250. The van der Waals surface area contributed by atoms with Crippen molar-refractivity contribution in [2.75, 3.05) is 19.9 Å². The number of nitrogens with two attached hydrogens (primary N) is 1. The van der Waals surface area contributed by atoms with Crippen LogP contribution in [0.25, 0.3) is 0 Å². The zero-order valence-corrected chi connectivity index (χ0v) is 12.5. The number of hydrogen-bond acceptors (Lipinski definition) is 4. The standard InChI is InChI=1S/C16H19NO2S/c1-18-13-7-5-6-12(10-13)15(11-17)19-14-8-3-4-9-16(14)20-2/h3-10,15H,11,17H2,1-2H3. The van der Waals surface area contributed by atoms with Crippen LogP contribution in [0.1, 0.15) is 11.7 Å². The van der Waals surface area contributed by atoms with Crippen LogP contribution in [0.5, 0.6) is 11.5 Å². The van der Waals surface area contributed by atoms with Crippen LogP contribution in [0.4, 0.5) is 0 Å². The summed E-state index contributed by atoms with van der Waals surface area (Å²) in [5, 5.41) is 0. The molecular weight excluding hydrogens is 270 g/mol. The van der Waals surface area contributed by atoms with Crippen molar-refractivity contribution in [2.45, 2.75) is 11.0 Å². The van der Waals surface area contributed by atoms with Gasteiger partial charge in [0.2, 0.25) is 0 Å². The Bertz CT molecular complexity index is 560. The molecule has 0 aromatic heterocycles. The Labute approximate surface area is 124 Å². The molecule has 0 saturated carbocycles. The average molecular weight is 289 g/mol. The van der Waals surface area contributed by atoms with E-state index < -0.39 is 0 Å². The zero-order chi connectivity index (χ0) is 14.4. The molecule has 3 nitrogen and oxygen atoms in total. The van der Waals surface area contributed by atoms with E-state index in [0.717, 1.165) is 22.0 Å². The Kier molecular flexibility index (Phi) is 5.32. The van der Waals surface area contributed by atoms with Gasteiger partial charge in [-0.05, 0) is 36.1 Å². The van der Waals surface area contributed by atoms with Crippen LogP contribution in [-0.2, 0) is 0 Å². The zero-order valence-electron chi connectivity index (χ0n) is 11.7. The summed E-state index contributed by atoms with van der Waals surface area (Å²) in [6.07, 6.45) is 1.85. The highest BCUT2D eigenvalue weighted by Crippen LogP contribution is 2.31. The number of methoxy groups -OCH3 is 1. The van der Waals surface area contributed by atoms with Gasteiger partial charge in [0.15, 0.2) is 0 Å². The smallest absolute Gasteiger partial charge is 0.136 e. The molecule has 0 amide bonds. The van der Waals surface area contributed by atoms with Crippen LogP contribution in [0, 0.1) is 0 Å². The van der Waals surface area contributed by atoms with Crippen LogP contribution in [0.2, 0.25) is 0 Å². The quantitative estimate of drug-likeness (QED) is 0.827. The predicted molar refractivity (Wildman–Crippen MR) is 83.6 cm³/mol. The monoisotopic (exact) mass is 289 g/mol. The molecule has 0 aliphatic carbocycles. The molecule has 106 valence electrons. The first-order valence-electron chi connectivity index (χ1n) is 6.42. The van der Waals surface area contributed by atoms with E-state index in [1.54, 1.807) is 18.9 Å². The molecule has 0 spiro atoms. The van der Waals surface area contributed by atoms with Crippen molar-refractivity contribution in [3.63, 3.8) is 0 Å². The van der Waals surface area contributed by atoms with Crippen molar-refractivity contribution in [3.05, 3.63) is 54.1 Å². The Morgan fingerprint density at radius 3 is 2.65 bits per heavy atom. The minimum absolute atomic E-state index is 0.182. The molecule has 0 fully saturated rings. The van der Waals surface area contributed by atoms with Crippen molar-refractivity contribution < 1.29 is 9.47 Å². The summed E-state index contributed by atoms with van der Waals surface area (Å²) in [4.78, 5) is 1.11. The first-order valence-corrected chi connectivity index (χ1v) is 7.64. The second-order valence-electron chi connectivity index (χ2n) is 4.27. The van der Waals surface area contributed by atoms with Crippen molar-refractivity contribution >= 4 is 11.8 Å². The molecule has 2 N–H and O–H groups in total. The van der Waals surface area contributed by atoms with Gasteiger partial charge in [0.1, 0.15) is 17.6 Å². The minimum Gasteiger partial charge on any atom is -0.497 e. The normalized spacial score (nSPS) is 11.9. The van der Waals surface area contributed by atoms with Crippen molar-refractivity contribution in [1.82, 2.24) is 0 Å². The molecule has 0 aliphatic heterocycles. The molecule has 2 aromatic rings. The summed E-state index contributed by atoms with van der Waals surface area (Å²) >= 11 is 1.66. The fourth-order valence-corrected chi connectivity index (χ4v) is 2.50. The van der Waals surface area contributed by atoms with Gasteiger partial charge in [-0.25, -0.2) is 0 Å². The van der Waals surface area contributed by atoms with E-state index in [-0.39, 0.29) is 6.10 Å². The molecule has 0 radical (unpaired) electrons. The minimum atomic E-state index is -0.182.